The Morgan fingerprint density at radius 1 is 1.13 bits per heavy atom. The van der Waals surface area contributed by atoms with Gasteiger partial charge in [0.2, 0.25) is 0 Å². The molecule has 30 heavy (non-hydrogen) atoms. The van der Waals surface area contributed by atoms with Gasteiger partial charge >= 0.3 is 5.97 Å². The van der Waals surface area contributed by atoms with E-state index in [4.69, 9.17) is 13.9 Å². The van der Waals surface area contributed by atoms with Crippen molar-refractivity contribution in [3.05, 3.63) is 69.1 Å². The van der Waals surface area contributed by atoms with Gasteiger partial charge < -0.3 is 19.0 Å². The first-order valence-corrected chi connectivity index (χ1v) is 10.0. The van der Waals surface area contributed by atoms with E-state index >= 15 is 0 Å². The molecule has 1 aliphatic rings. The van der Waals surface area contributed by atoms with Crippen LogP contribution in [0.3, 0.4) is 0 Å². The number of carboxylic acids is 1. The zero-order chi connectivity index (χ0) is 21.4. The average molecular weight is 408 g/mol. The molecule has 2 aromatic carbocycles. The molecule has 1 heterocycles. The molecule has 2 unspecified atom stereocenters. The minimum absolute atomic E-state index is 0.0730. The van der Waals surface area contributed by atoms with Gasteiger partial charge in [-0.05, 0) is 55.2 Å². The van der Waals surface area contributed by atoms with Crippen molar-refractivity contribution in [3.8, 4) is 11.5 Å². The number of rotatable bonds is 7. The number of benzene rings is 2. The van der Waals surface area contributed by atoms with Gasteiger partial charge in [0.15, 0.2) is 5.43 Å². The Bertz CT molecular complexity index is 1180. The van der Waals surface area contributed by atoms with E-state index in [1.54, 1.807) is 20.3 Å². The highest BCUT2D eigenvalue weighted by Gasteiger charge is 2.45. The molecule has 2 atom stereocenters. The van der Waals surface area contributed by atoms with Crippen LogP contribution in [0.4, 0.5) is 0 Å². The highest BCUT2D eigenvalue weighted by atomic mass is 16.5. The minimum Gasteiger partial charge on any atom is -0.497 e. The highest BCUT2D eigenvalue weighted by molar-refractivity contribution is 5.92. The normalized spacial score (nSPS) is 17.7. The average Bonchev–Trinajstić information content (AvgIpc) is 3.55. The molecule has 3 aromatic rings. The van der Waals surface area contributed by atoms with Crippen molar-refractivity contribution in [1.82, 2.24) is 0 Å². The Morgan fingerprint density at radius 2 is 1.93 bits per heavy atom. The van der Waals surface area contributed by atoms with Gasteiger partial charge in [-0.1, -0.05) is 13.3 Å². The summed E-state index contributed by atoms with van der Waals surface area (Å²) < 4.78 is 17.1. The van der Waals surface area contributed by atoms with Gasteiger partial charge in [0.05, 0.1) is 25.2 Å². The molecule has 1 N–H and O–H groups in total. The van der Waals surface area contributed by atoms with Gasteiger partial charge in [-0.25, -0.2) is 4.79 Å². The maximum Gasteiger partial charge on any atom is 0.335 e. The highest BCUT2D eigenvalue weighted by Crippen LogP contribution is 2.58. The van der Waals surface area contributed by atoms with Crippen molar-refractivity contribution in [2.45, 2.75) is 38.0 Å². The van der Waals surface area contributed by atoms with Crippen LogP contribution < -0.4 is 14.9 Å². The van der Waals surface area contributed by atoms with Crippen LogP contribution >= 0.6 is 0 Å². The molecule has 156 valence electrons. The second-order valence-corrected chi connectivity index (χ2v) is 7.60. The Labute approximate surface area is 174 Å². The van der Waals surface area contributed by atoms with Crippen molar-refractivity contribution in [2.75, 3.05) is 14.2 Å². The Morgan fingerprint density at radius 3 is 2.60 bits per heavy atom. The summed E-state index contributed by atoms with van der Waals surface area (Å²) in [5, 5.41) is 9.58. The molecular weight excluding hydrogens is 384 g/mol. The molecule has 1 saturated carbocycles. The molecule has 6 nitrogen and oxygen atoms in total. The van der Waals surface area contributed by atoms with E-state index in [0.29, 0.717) is 28.7 Å². The van der Waals surface area contributed by atoms with Gasteiger partial charge in [0, 0.05) is 17.0 Å². The molecule has 1 aromatic heterocycles. The fraction of sp³-hybridized carbons (Fsp3) is 0.333. The quantitative estimate of drug-likeness (QED) is 0.608. The lowest BCUT2D eigenvalue weighted by Gasteiger charge is -2.12. The summed E-state index contributed by atoms with van der Waals surface area (Å²) in [5.74, 6) is 1.42. The van der Waals surface area contributed by atoms with E-state index in [-0.39, 0.29) is 22.8 Å². The lowest BCUT2D eigenvalue weighted by atomic mass is 10.00. The molecular formula is C24H24O6. The first kappa shape index (κ1) is 20.0. The summed E-state index contributed by atoms with van der Waals surface area (Å²) in [7, 11) is 3.27. The molecule has 0 saturated heterocycles. The van der Waals surface area contributed by atoms with Crippen LogP contribution in [0.25, 0.3) is 11.0 Å². The molecule has 6 heteroatoms. The van der Waals surface area contributed by atoms with E-state index < -0.39 is 5.97 Å². The van der Waals surface area contributed by atoms with Crippen LogP contribution in [-0.2, 0) is 6.42 Å². The third-order valence-electron chi connectivity index (χ3n) is 5.73. The van der Waals surface area contributed by atoms with Gasteiger partial charge in [0.1, 0.15) is 22.8 Å². The number of ether oxygens (including phenoxy) is 2. The molecule has 0 amide bonds. The third kappa shape index (κ3) is 3.43. The molecule has 1 aliphatic carbocycles. The van der Waals surface area contributed by atoms with Gasteiger partial charge in [-0.3, -0.25) is 4.79 Å². The van der Waals surface area contributed by atoms with Crippen LogP contribution in [0.2, 0.25) is 0 Å². The predicted molar refractivity (Wildman–Crippen MR) is 113 cm³/mol. The minimum atomic E-state index is -1.07. The lowest BCUT2D eigenvalue weighted by molar-refractivity contribution is 0.0697. The first-order valence-electron chi connectivity index (χ1n) is 10.0. The summed E-state index contributed by atoms with van der Waals surface area (Å²) >= 11 is 0. The second-order valence-electron chi connectivity index (χ2n) is 7.60. The van der Waals surface area contributed by atoms with Gasteiger partial charge in [-0.15, -0.1) is 0 Å². The molecule has 0 bridgehead atoms. The standard InChI is InChI=1S/C24H24O6/c1-4-5-15-22(25)19-10-13(24(26)27)6-8-21(19)30-23(15)18-12-16(18)17-11-14(28-2)7-9-20(17)29-3/h6-11,16,18H,4-5,12H2,1-3H3,(H,26,27). The predicted octanol–water partition coefficient (Wildman–Crippen LogP) is 4.73. The first-order chi connectivity index (χ1) is 14.5. The third-order valence-corrected chi connectivity index (χ3v) is 5.73. The van der Waals surface area contributed by atoms with Crippen molar-refractivity contribution in [3.63, 3.8) is 0 Å². The number of hydrogen-bond acceptors (Lipinski definition) is 5. The summed E-state index contributed by atoms with van der Waals surface area (Å²) in [6.07, 6.45) is 2.23. The Hall–Kier alpha value is -3.28. The van der Waals surface area contributed by atoms with Crippen molar-refractivity contribution in [2.24, 2.45) is 0 Å². The molecule has 0 radical (unpaired) electrons. The number of methoxy groups -OCH3 is 2. The van der Waals surface area contributed by atoms with Crippen LogP contribution in [-0.4, -0.2) is 25.3 Å². The van der Waals surface area contributed by atoms with E-state index in [0.717, 1.165) is 29.9 Å². The zero-order valence-corrected chi connectivity index (χ0v) is 17.2. The molecule has 0 aliphatic heterocycles. The topological polar surface area (TPSA) is 86.0 Å². The van der Waals surface area contributed by atoms with Crippen LogP contribution in [0.1, 0.15) is 58.8 Å². The lowest BCUT2D eigenvalue weighted by Crippen LogP contribution is -2.13. The molecule has 1 fully saturated rings. The number of carboxylic acid groups (broad SMARTS) is 1. The number of aromatic carboxylic acids is 1. The maximum atomic E-state index is 13.2. The largest absolute Gasteiger partial charge is 0.497 e. The smallest absolute Gasteiger partial charge is 0.335 e. The van der Waals surface area contributed by atoms with E-state index in [1.165, 1.54) is 12.1 Å². The van der Waals surface area contributed by atoms with Crippen molar-refractivity contribution < 1.29 is 23.8 Å². The second kappa shape index (κ2) is 7.86. The summed E-state index contributed by atoms with van der Waals surface area (Å²) in [6, 6.07) is 10.2. The SMILES string of the molecule is CCCc1c(C2CC2c2cc(OC)ccc2OC)oc2ccc(C(=O)O)cc2c1=O. The number of carbonyl (C=O) groups is 1. The molecule has 0 spiro atoms. The maximum absolute atomic E-state index is 13.2. The summed E-state index contributed by atoms with van der Waals surface area (Å²) in [5.41, 5.74) is 2.04. The fourth-order valence-corrected chi connectivity index (χ4v) is 4.13. The molecule has 4 rings (SSSR count). The van der Waals surface area contributed by atoms with E-state index in [1.807, 2.05) is 25.1 Å². The van der Waals surface area contributed by atoms with E-state index in [2.05, 4.69) is 0 Å². The monoisotopic (exact) mass is 408 g/mol. The Kier molecular flexibility index (Phi) is 5.24. The van der Waals surface area contributed by atoms with Crippen LogP contribution in [0.5, 0.6) is 11.5 Å². The van der Waals surface area contributed by atoms with Crippen molar-refractivity contribution in [1.29, 1.82) is 0 Å². The van der Waals surface area contributed by atoms with Crippen LogP contribution in [0.15, 0.2) is 45.6 Å². The number of hydrogen-bond donors (Lipinski definition) is 1. The van der Waals surface area contributed by atoms with Crippen LogP contribution in [0, 0.1) is 0 Å². The Balaban J connectivity index is 1.80. The fourth-order valence-electron chi connectivity index (χ4n) is 4.13. The zero-order valence-electron chi connectivity index (χ0n) is 17.2. The number of fused-ring (bicyclic) bond motifs is 1. The van der Waals surface area contributed by atoms with Gasteiger partial charge in [-0.2, -0.15) is 0 Å². The van der Waals surface area contributed by atoms with Crippen molar-refractivity contribution >= 4 is 16.9 Å². The van der Waals surface area contributed by atoms with E-state index in [9.17, 15) is 14.7 Å². The summed E-state index contributed by atoms with van der Waals surface area (Å²) in [4.78, 5) is 24.5. The van der Waals surface area contributed by atoms with Gasteiger partial charge in [0.25, 0.3) is 0 Å². The summed E-state index contributed by atoms with van der Waals surface area (Å²) in [6.45, 7) is 2.01.